The number of rotatable bonds is 7. The highest BCUT2D eigenvalue weighted by Gasteiger charge is 2.29. The molecule has 7 rings (SSSR count). The largest absolute Gasteiger partial charge is 1.00 e. The topological polar surface area (TPSA) is 55.0 Å². The standard InChI is InChI=1S/C34H30N2O4.ClH/c1-38-33-15-26(20-35(18-23-8-4-2-5-9-23)19-24-10-6-3-7-11-24)27-16-30-28-17-32-31(39-22-40-32)14-25(28)12-13-36(30)21-29(27)34(33)37;/h2-11,14-17,21H,12-13,18-20,22H2,1H3;1H. The summed E-state index contributed by atoms with van der Waals surface area (Å²) in [7, 11) is 1.61. The van der Waals surface area contributed by atoms with Gasteiger partial charge in [-0.1, -0.05) is 60.7 Å². The van der Waals surface area contributed by atoms with Crippen LogP contribution in [0.5, 0.6) is 23.0 Å². The van der Waals surface area contributed by atoms with E-state index in [1.807, 2.05) is 6.07 Å². The first-order chi connectivity index (χ1) is 19.7. The maximum atomic E-state index is 11.2. The number of hydrogen-bond acceptors (Lipinski definition) is 5. The zero-order valence-electron chi connectivity index (χ0n) is 22.8. The van der Waals surface area contributed by atoms with E-state index in [0.29, 0.717) is 12.3 Å². The second-order valence-corrected chi connectivity index (χ2v) is 10.5. The van der Waals surface area contributed by atoms with Gasteiger partial charge in [0.1, 0.15) is 0 Å². The Morgan fingerprint density at radius 3 is 2.15 bits per heavy atom. The van der Waals surface area contributed by atoms with Crippen molar-refractivity contribution >= 4 is 10.8 Å². The first-order valence-corrected chi connectivity index (χ1v) is 13.7. The molecule has 0 atom stereocenters. The van der Waals surface area contributed by atoms with Crippen molar-refractivity contribution in [2.24, 2.45) is 0 Å². The van der Waals surface area contributed by atoms with Gasteiger partial charge in [-0.2, -0.15) is 4.57 Å². The Bertz CT molecular complexity index is 1670. The first kappa shape index (κ1) is 26.9. The molecule has 0 aliphatic carbocycles. The number of benzene rings is 4. The van der Waals surface area contributed by atoms with Crippen molar-refractivity contribution in [1.29, 1.82) is 0 Å². The second-order valence-electron chi connectivity index (χ2n) is 10.5. The molecule has 0 saturated heterocycles. The smallest absolute Gasteiger partial charge is 0.231 e. The summed E-state index contributed by atoms with van der Waals surface area (Å²) in [6, 6.07) is 29.5. The molecular formula is C34H31ClN2O4. The predicted molar refractivity (Wildman–Crippen MR) is 153 cm³/mol. The number of phenols is 1. The molecule has 1 aromatic heterocycles. The van der Waals surface area contributed by atoms with Crippen molar-refractivity contribution in [3.63, 3.8) is 0 Å². The van der Waals surface area contributed by atoms with Gasteiger partial charge in [0.25, 0.3) is 0 Å². The Kier molecular flexibility index (Phi) is 7.43. The predicted octanol–water partition coefficient (Wildman–Crippen LogP) is 3.00. The Hall–Kier alpha value is -4.26. The highest BCUT2D eigenvalue weighted by Crippen LogP contribution is 2.42. The summed E-state index contributed by atoms with van der Waals surface area (Å²) in [5.74, 6) is 2.25. The normalized spacial score (nSPS) is 13.0. The number of hydrogen-bond donors (Lipinski definition) is 1. The molecule has 208 valence electrons. The van der Waals surface area contributed by atoms with Crippen LogP contribution in [-0.4, -0.2) is 23.9 Å². The Morgan fingerprint density at radius 1 is 0.829 bits per heavy atom. The molecule has 2 aliphatic heterocycles. The highest BCUT2D eigenvalue weighted by atomic mass is 35.5. The first-order valence-electron chi connectivity index (χ1n) is 13.7. The van der Waals surface area contributed by atoms with E-state index in [0.717, 1.165) is 65.1 Å². The summed E-state index contributed by atoms with van der Waals surface area (Å²) in [5.41, 5.74) is 7.11. The van der Waals surface area contributed by atoms with Gasteiger partial charge in [-0.05, 0) is 40.5 Å². The number of methoxy groups -OCH3 is 1. The van der Waals surface area contributed by atoms with Crippen LogP contribution >= 0.6 is 0 Å². The molecule has 0 saturated carbocycles. The van der Waals surface area contributed by atoms with Gasteiger partial charge in [0.15, 0.2) is 35.7 Å². The average molecular weight is 567 g/mol. The number of halogens is 1. The van der Waals surface area contributed by atoms with E-state index in [1.54, 1.807) is 7.11 Å². The van der Waals surface area contributed by atoms with E-state index in [4.69, 9.17) is 14.2 Å². The minimum absolute atomic E-state index is 0. The van der Waals surface area contributed by atoms with Gasteiger partial charge in [0.05, 0.1) is 18.1 Å². The fourth-order valence-corrected chi connectivity index (χ4v) is 5.95. The van der Waals surface area contributed by atoms with Crippen molar-refractivity contribution in [3.05, 3.63) is 113 Å². The fraction of sp³-hybridized carbons (Fsp3) is 0.206. The molecule has 5 aromatic rings. The number of phenolic OH excluding ortho intramolecular Hbond substituents is 1. The molecule has 1 N–H and O–H groups in total. The third-order valence-electron chi connectivity index (χ3n) is 7.91. The average Bonchev–Trinajstić information content (AvgIpc) is 3.45. The van der Waals surface area contributed by atoms with Gasteiger partial charge < -0.3 is 31.7 Å². The van der Waals surface area contributed by atoms with Crippen molar-refractivity contribution in [2.75, 3.05) is 13.9 Å². The summed E-state index contributed by atoms with van der Waals surface area (Å²) in [4.78, 5) is 2.44. The molecule has 4 aromatic carbocycles. The van der Waals surface area contributed by atoms with Crippen LogP contribution in [0.25, 0.3) is 22.0 Å². The molecule has 0 spiro atoms. The zero-order valence-corrected chi connectivity index (χ0v) is 23.6. The summed E-state index contributed by atoms with van der Waals surface area (Å²) >= 11 is 0. The van der Waals surface area contributed by atoms with Crippen LogP contribution in [0, 0.1) is 0 Å². The van der Waals surface area contributed by atoms with Crippen LogP contribution in [-0.2, 0) is 32.6 Å². The van der Waals surface area contributed by atoms with Crippen LogP contribution in [0.3, 0.4) is 0 Å². The molecule has 0 radical (unpaired) electrons. The van der Waals surface area contributed by atoms with E-state index in [-0.39, 0.29) is 24.9 Å². The third-order valence-corrected chi connectivity index (χ3v) is 7.91. The number of fused-ring (bicyclic) bond motifs is 5. The van der Waals surface area contributed by atoms with Gasteiger partial charge in [-0.15, -0.1) is 0 Å². The van der Waals surface area contributed by atoms with Gasteiger partial charge in [-0.25, -0.2) is 0 Å². The number of aromatic nitrogens is 1. The SMILES string of the molecule is COc1cc(CN(Cc2ccccc2)Cc2ccccc2)c2cc3[n+](cc2c1O)CCc1cc2c(cc1-3)OCO2.[Cl-]. The molecule has 3 heterocycles. The van der Waals surface area contributed by atoms with Crippen molar-refractivity contribution in [1.82, 2.24) is 4.90 Å². The van der Waals surface area contributed by atoms with Crippen LogP contribution in [0.1, 0.15) is 22.3 Å². The van der Waals surface area contributed by atoms with E-state index in [1.165, 1.54) is 16.7 Å². The van der Waals surface area contributed by atoms with Crippen molar-refractivity contribution in [2.45, 2.75) is 32.6 Å². The molecular weight excluding hydrogens is 536 g/mol. The maximum Gasteiger partial charge on any atom is 0.231 e. The minimum Gasteiger partial charge on any atom is -1.00 e. The number of pyridine rings is 1. The van der Waals surface area contributed by atoms with Gasteiger partial charge in [0, 0.05) is 37.5 Å². The van der Waals surface area contributed by atoms with Crippen molar-refractivity contribution in [3.8, 4) is 34.3 Å². The lowest BCUT2D eigenvalue weighted by Gasteiger charge is -2.24. The molecule has 41 heavy (non-hydrogen) atoms. The fourth-order valence-electron chi connectivity index (χ4n) is 5.95. The van der Waals surface area contributed by atoms with Gasteiger partial charge >= 0.3 is 0 Å². The van der Waals surface area contributed by atoms with Gasteiger partial charge in [0.2, 0.25) is 12.5 Å². The number of ether oxygens (including phenoxy) is 3. The van der Waals surface area contributed by atoms with Crippen LogP contribution < -0.4 is 31.2 Å². The summed E-state index contributed by atoms with van der Waals surface area (Å²) < 4.78 is 19.2. The van der Waals surface area contributed by atoms with Gasteiger partial charge in [-0.3, -0.25) is 4.90 Å². The maximum absolute atomic E-state index is 11.2. The number of aryl methyl sites for hydroxylation is 2. The lowest BCUT2D eigenvalue weighted by molar-refractivity contribution is -0.686. The second kappa shape index (κ2) is 11.3. The number of nitrogens with zero attached hydrogens (tertiary/aromatic N) is 2. The lowest BCUT2D eigenvalue weighted by atomic mass is 9.93. The van der Waals surface area contributed by atoms with E-state index in [9.17, 15) is 5.11 Å². The van der Waals surface area contributed by atoms with Crippen LogP contribution in [0.2, 0.25) is 0 Å². The molecule has 0 bridgehead atoms. The summed E-state index contributed by atoms with van der Waals surface area (Å²) in [6.45, 7) is 3.36. The monoisotopic (exact) mass is 566 g/mol. The molecule has 6 nitrogen and oxygen atoms in total. The van der Waals surface area contributed by atoms with Crippen molar-refractivity contribution < 1.29 is 36.3 Å². The van der Waals surface area contributed by atoms with E-state index < -0.39 is 0 Å². The lowest BCUT2D eigenvalue weighted by Crippen LogP contribution is -3.00. The summed E-state index contributed by atoms with van der Waals surface area (Å²) in [6.07, 6.45) is 2.95. The van der Waals surface area contributed by atoms with E-state index >= 15 is 0 Å². The van der Waals surface area contributed by atoms with Crippen LogP contribution in [0.15, 0.2) is 91.1 Å². The Balaban J connectivity index is 0.00000302. The number of aromatic hydroxyl groups is 1. The Labute approximate surface area is 245 Å². The van der Waals surface area contributed by atoms with E-state index in [2.05, 4.69) is 94.5 Å². The van der Waals surface area contributed by atoms with Crippen LogP contribution in [0.4, 0.5) is 0 Å². The Morgan fingerprint density at radius 2 is 1.49 bits per heavy atom. The summed E-state index contributed by atoms with van der Waals surface area (Å²) in [5, 5.41) is 13.0. The minimum atomic E-state index is 0. The molecule has 0 amide bonds. The molecule has 0 unspecified atom stereocenters. The quantitative estimate of drug-likeness (QED) is 0.307. The molecule has 2 aliphatic rings. The third kappa shape index (κ3) is 5.17. The zero-order chi connectivity index (χ0) is 27.1. The highest BCUT2D eigenvalue weighted by molar-refractivity contribution is 5.94. The molecule has 0 fully saturated rings. The molecule has 7 heteroatoms.